The van der Waals surface area contributed by atoms with E-state index in [2.05, 4.69) is 36.3 Å². The standard InChI is InChI=1S/C21H21BrClN5O3/c1-11-6-17(20(31)18(11)29)26-21-13(8-24-10-25-21)19(30)16-4-5-28(27-16)9-12-2-3-15(23)14(22)7-12/h2-5,7-8,10-11,17-18,20,29,31H,6,9H2,1H3,(H,24,25,26)/t11-,17-,18-,20+/m1/s1. The number of aliphatic hydroxyl groups is 2. The molecular weight excluding hydrogens is 486 g/mol. The van der Waals surface area contributed by atoms with E-state index in [0.717, 1.165) is 10.0 Å². The molecule has 1 saturated carbocycles. The van der Waals surface area contributed by atoms with E-state index < -0.39 is 18.2 Å². The first-order chi connectivity index (χ1) is 14.8. The molecule has 0 radical (unpaired) electrons. The molecule has 0 bridgehead atoms. The number of aliphatic hydroxyl groups excluding tert-OH is 2. The lowest BCUT2D eigenvalue weighted by Gasteiger charge is -2.19. The van der Waals surface area contributed by atoms with Crippen LogP contribution in [-0.2, 0) is 6.54 Å². The highest BCUT2D eigenvalue weighted by molar-refractivity contribution is 9.10. The summed E-state index contributed by atoms with van der Waals surface area (Å²) < 4.78 is 2.46. The molecule has 0 spiro atoms. The summed E-state index contributed by atoms with van der Waals surface area (Å²) in [5.74, 6) is -0.0844. The second kappa shape index (κ2) is 9.04. The zero-order chi connectivity index (χ0) is 22.1. The van der Waals surface area contributed by atoms with Crippen molar-refractivity contribution in [2.24, 2.45) is 5.92 Å². The zero-order valence-corrected chi connectivity index (χ0v) is 19.0. The van der Waals surface area contributed by atoms with Gasteiger partial charge < -0.3 is 15.5 Å². The van der Waals surface area contributed by atoms with Gasteiger partial charge in [0.15, 0.2) is 0 Å². The Balaban J connectivity index is 1.52. The number of halogens is 2. The minimum absolute atomic E-state index is 0.0582. The van der Waals surface area contributed by atoms with E-state index >= 15 is 0 Å². The van der Waals surface area contributed by atoms with Crippen molar-refractivity contribution < 1.29 is 15.0 Å². The van der Waals surface area contributed by atoms with Crippen LogP contribution in [0.25, 0.3) is 0 Å². The maximum absolute atomic E-state index is 13.1. The Morgan fingerprint density at radius 1 is 1.32 bits per heavy atom. The van der Waals surface area contributed by atoms with Crippen molar-refractivity contribution in [1.29, 1.82) is 0 Å². The fourth-order valence-corrected chi connectivity index (χ4v) is 4.26. The Morgan fingerprint density at radius 2 is 2.13 bits per heavy atom. The molecule has 4 rings (SSSR count). The first-order valence-corrected chi connectivity index (χ1v) is 11.0. The van der Waals surface area contributed by atoms with Crippen molar-refractivity contribution in [2.75, 3.05) is 5.32 Å². The molecule has 0 aliphatic heterocycles. The second-order valence-corrected chi connectivity index (χ2v) is 8.97. The monoisotopic (exact) mass is 505 g/mol. The van der Waals surface area contributed by atoms with Crippen LogP contribution in [0.5, 0.6) is 0 Å². The number of hydrogen-bond acceptors (Lipinski definition) is 7. The first-order valence-electron chi connectivity index (χ1n) is 9.78. The van der Waals surface area contributed by atoms with Crippen LogP contribution in [0.1, 0.15) is 35.0 Å². The van der Waals surface area contributed by atoms with E-state index in [1.807, 2.05) is 19.1 Å². The van der Waals surface area contributed by atoms with Gasteiger partial charge in [-0.25, -0.2) is 9.97 Å². The van der Waals surface area contributed by atoms with Gasteiger partial charge in [0, 0.05) is 16.9 Å². The van der Waals surface area contributed by atoms with Crippen LogP contribution >= 0.6 is 27.5 Å². The zero-order valence-electron chi connectivity index (χ0n) is 16.6. The SMILES string of the molecule is C[C@@H]1C[C@@H](Nc2ncncc2C(=O)c2ccn(Cc3ccc(Cl)c(Br)c3)n2)[C@H](O)[C@@H]1O. The summed E-state index contributed by atoms with van der Waals surface area (Å²) in [4.78, 5) is 21.2. The van der Waals surface area contributed by atoms with Crippen LogP contribution in [0, 0.1) is 5.92 Å². The number of ketones is 1. The lowest BCUT2D eigenvalue weighted by molar-refractivity contribution is 0.0210. The van der Waals surface area contributed by atoms with E-state index in [-0.39, 0.29) is 23.0 Å². The number of nitrogens with one attached hydrogen (secondary N) is 1. The summed E-state index contributed by atoms with van der Waals surface area (Å²) in [6, 6.07) is 6.82. The predicted molar refractivity (Wildman–Crippen MR) is 119 cm³/mol. The molecule has 2 heterocycles. The Morgan fingerprint density at radius 3 is 2.84 bits per heavy atom. The number of anilines is 1. The van der Waals surface area contributed by atoms with Gasteiger partial charge in [0.1, 0.15) is 23.9 Å². The van der Waals surface area contributed by atoms with Crippen molar-refractivity contribution in [3.05, 3.63) is 69.3 Å². The van der Waals surface area contributed by atoms with E-state index in [1.165, 1.54) is 12.5 Å². The quantitative estimate of drug-likeness (QED) is 0.441. The average Bonchev–Trinajstić information content (AvgIpc) is 3.31. The normalized spacial score (nSPS) is 23.1. The van der Waals surface area contributed by atoms with Crippen molar-refractivity contribution >= 4 is 39.1 Å². The number of benzene rings is 1. The van der Waals surface area contributed by atoms with Crippen LogP contribution in [0.3, 0.4) is 0 Å². The van der Waals surface area contributed by atoms with Gasteiger partial charge >= 0.3 is 0 Å². The maximum atomic E-state index is 13.1. The molecule has 1 aliphatic carbocycles. The Kier molecular flexibility index (Phi) is 6.38. The van der Waals surface area contributed by atoms with Gasteiger partial charge in [-0.3, -0.25) is 9.48 Å². The van der Waals surface area contributed by atoms with Gasteiger partial charge in [-0.2, -0.15) is 5.10 Å². The Labute approximate surface area is 192 Å². The van der Waals surface area contributed by atoms with E-state index in [4.69, 9.17) is 11.6 Å². The van der Waals surface area contributed by atoms with Gasteiger partial charge in [-0.15, -0.1) is 0 Å². The van der Waals surface area contributed by atoms with Gasteiger partial charge in [0.2, 0.25) is 5.78 Å². The Hall–Kier alpha value is -2.33. The molecular formula is C21H21BrClN5O3. The molecule has 8 nitrogen and oxygen atoms in total. The fourth-order valence-electron chi connectivity index (χ4n) is 3.72. The highest BCUT2D eigenvalue weighted by Gasteiger charge is 2.39. The molecule has 1 fully saturated rings. The molecule has 0 amide bonds. The first kappa shape index (κ1) is 21.9. The third-order valence-corrected chi connectivity index (χ3v) is 6.67. The van der Waals surface area contributed by atoms with E-state index in [9.17, 15) is 15.0 Å². The molecule has 0 saturated heterocycles. The molecule has 0 unspecified atom stereocenters. The van der Waals surface area contributed by atoms with Gasteiger partial charge in [-0.1, -0.05) is 24.6 Å². The maximum Gasteiger partial charge on any atom is 0.218 e. The van der Waals surface area contributed by atoms with Crippen LogP contribution < -0.4 is 5.32 Å². The van der Waals surface area contributed by atoms with Crippen LogP contribution in [0.15, 0.2) is 47.5 Å². The largest absolute Gasteiger partial charge is 0.390 e. The number of carbonyl (C=O) groups is 1. The molecule has 10 heteroatoms. The van der Waals surface area contributed by atoms with Crippen molar-refractivity contribution in [3.8, 4) is 0 Å². The number of rotatable bonds is 6. The molecule has 1 aliphatic rings. The van der Waals surface area contributed by atoms with Crippen LogP contribution in [0.2, 0.25) is 5.02 Å². The lowest BCUT2D eigenvalue weighted by Crippen LogP contribution is -2.35. The highest BCUT2D eigenvalue weighted by atomic mass is 79.9. The second-order valence-electron chi connectivity index (χ2n) is 7.71. The smallest absolute Gasteiger partial charge is 0.218 e. The molecule has 4 atom stereocenters. The molecule has 3 N–H and O–H groups in total. The molecule has 2 aromatic heterocycles. The topological polar surface area (TPSA) is 113 Å². The highest BCUT2D eigenvalue weighted by Crippen LogP contribution is 2.29. The van der Waals surface area contributed by atoms with E-state index in [0.29, 0.717) is 23.8 Å². The molecule has 162 valence electrons. The summed E-state index contributed by atoms with van der Waals surface area (Å²) in [7, 11) is 0. The van der Waals surface area contributed by atoms with Crippen molar-refractivity contribution in [1.82, 2.24) is 19.7 Å². The number of aromatic nitrogens is 4. The third kappa shape index (κ3) is 4.64. The van der Waals surface area contributed by atoms with Crippen molar-refractivity contribution in [3.63, 3.8) is 0 Å². The lowest BCUT2D eigenvalue weighted by atomic mass is 10.1. The minimum Gasteiger partial charge on any atom is -0.390 e. The number of nitrogens with zero attached hydrogens (tertiary/aromatic N) is 4. The third-order valence-electron chi connectivity index (χ3n) is 5.45. The Bertz CT molecular complexity index is 1110. The summed E-state index contributed by atoms with van der Waals surface area (Å²) >= 11 is 9.44. The minimum atomic E-state index is -0.939. The number of hydrogen-bond donors (Lipinski definition) is 3. The summed E-state index contributed by atoms with van der Waals surface area (Å²) in [5.41, 5.74) is 1.49. The number of carbonyl (C=O) groups excluding carboxylic acids is 1. The van der Waals surface area contributed by atoms with Gasteiger partial charge in [0.05, 0.1) is 29.3 Å². The predicted octanol–water partition coefficient (Wildman–Crippen LogP) is 2.91. The van der Waals surface area contributed by atoms with E-state index in [1.54, 1.807) is 23.0 Å². The average molecular weight is 507 g/mol. The molecule has 1 aromatic carbocycles. The van der Waals surface area contributed by atoms with Crippen molar-refractivity contribution in [2.45, 2.75) is 38.1 Å². The summed E-state index contributed by atoms with van der Waals surface area (Å²) in [6.07, 6.45) is 3.29. The van der Waals surface area contributed by atoms with Gasteiger partial charge in [-0.05, 0) is 52.0 Å². The van der Waals surface area contributed by atoms with Crippen LogP contribution in [0.4, 0.5) is 5.82 Å². The molecule has 3 aromatic rings. The van der Waals surface area contributed by atoms with Gasteiger partial charge in [0.25, 0.3) is 0 Å². The molecule has 31 heavy (non-hydrogen) atoms. The van der Waals surface area contributed by atoms with Crippen LogP contribution in [-0.4, -0.2) is 54.0 Å². The summed E-state index contributed by atoms with van der Waals surface area (Å²) in [6.45, 7) is 2.34. The summed E-state index contributed by atoms with van der Waals surface area (Å²) in [5, 5.41) is 28.4. The fraction of sp³-hybridized carbons (Fsp3) is 0.333.